The third-order valence-electron chi connectivity index (χ3n) is 4.86. The quantitative estimate of drug-likeness (QED) is 0.740. The Hall–Kier alpha value is -3.23. The molecule has 0 radical (unpaired) electrons. The first-order valence-corrected chi connectivity index (χ1v) is 9.34. The second kappa shape index (κ2) is 7.41. The number of hydrogen-bond donors (Lipinski definition) is 1. The fourth-order valence-electron chi connectivity index (χ4n) is 3.54. The first-order valence-electron chi connectivity index (χ1n) is 9.34. The van der Waals surface area contributed by atoms with E-state index in [0.29, 0.717) is 18.1 Å². The molecule has 4 heterocycles. The molecule has 0 saturated carbocycles. The highest BCUT2D eigenvalue weighted by Gasteiger charge is 2.27. The van der Waals surface area contributed by atoms with Crippen molar-refractivity contribution in [2.45, 2.75) is 33.6 Å². The minimum Gasteiger partial charge on any atom is -0.360 e. The summed E-state index contributed by atoms with van der Waals surface area (Å²) in [7, 11) is 0. The molecule has 9 nitrogen and oxygen atoms in total. The molecule has 146 valence electrons. The molecule has 4 rings (SSSR count). The molecule has 3 aromatic rings. The van der Waals surface area contributed by atoms with E-state index in [2.05, 4.69) is 30.4 Å². The van der Waals surface area contributed by atoms with Crippen LogP contribution in [0.1, 0.15) is 30.0 Å². The summed E-state index contributed by atoms with van der Waals surface area (Å²) in [5.74, 6) is 2.45. The van der Waals surface area contributed by atoms with Gasteiger partial charge in [0.1, 0.15) is 17.9 Å². The molecule has 3 aromatic heterocycles. The molecule has 0 aromatic carbocycles. The maximum atomic E-state index is 12.6. The number of nitrogens with zero attached hydrogens (tertiary/aromatic N) is 6. The van der Waals surface area contributed by atoms with E-state index in [1.807, 2.05) is 30.7 Å². The smallest absolute Gasteiger partial charge is 0.230 e. The van der Waals surface area contributed by atoms with Gasteiger partial charge in [-0.1, -0.05) is 5.16 Å². The maximum absolute atomic E-state index is 12.6. The van der Waals surface area contributed by atoms with Crippen molar-refractivity contribution in [3.05, 3.63) is 41.7 Å². The highest BCUT2D eigenvalue weighted by atomic mass is 16.5. The van der Waals surface area contributed by atoms with Gasteiger partial charge in [0.15, 0.2) is 11.6 Å². The van der Waals surface area contributed by atoms with E-state index in [4.69, 9.17) is 4.52 Å². The summed E-state index contributed by atoms with van der Waals surface area (Å²) >= 11 is 0. The van der Waals surface area contributed by atoms with Gasteiger partial charge in [-0.25, -0.2) is 14.6 Å². The van der Waals surface area contributed by atoms with Crippen LogP contribution in [0.15, 0.2) is 29.0 Å². The Kier molecular flexibility index (Phi) is 4.81. The fraction of sp³-hybridized carbons (Fsp3) is 0.421. The molecule has 1 aliphatic rings. The third kappa shape index (κ3) is 3.73. The molecule has 1 aliphatic heterocycles. The first kappa shape index (κ1) is 18.1. The zero-order valence-corrected chi connectivity index (χ0v) is 16.2. The molecule has 1 fully saturated rings. The van der Waals surface area contributed by atoms with E-state index < -0.39 is 0 Å². The molecule has 1 atom stereocenters. The van der Waals surface area contributed by atoms with E-state index in [1.165, 1.54) is 0 Å². The third-order valence-corrected chi connectivity index (χ3v) is 4.86. The molecule has 0 spiro atoms. The summed E-state index contributed by atoms with van der Waals surface area (Å²) < 4.78 is 6.82. The van der Waals surface area contributed by atoms with Crippen LogP contribution in [-0.2, 0) is 4.79 Å². The number of carbonyl (C=O) groups is 1. The average Bonchev–Trinajstić information content (AvgIpc) is 3.26. The number of aromatic nitrogens is 5. The summed E-state index contributed by atoms with van der Waals surface area (Å²) in [6.45, 7) is 7.18. The number of piperidine rings is 1. The Labute approximate surface area is 162 Å². The second-order valence-corrected chi connectivity index (χ2v) is 7.17. The van der Waals surface area contributed by atoms with E-state index in [-0.39, 0.29) is 11.8 Å². The Morgan fingerprint density at radius 3 is 2.71 bits per heavy atom. The van der Waals surface area contributed by atoms with Gasteiger partial charge >= 0.3 is 0 Å². The molecule has 0 aliphatic carbocycles. The predicted octanol–water partition coefficient (Wildman–Crippen LogP) is 2.43. The van der Waals surface area contributed by atoms with Crippen LogP contribution in [0.3, 0.4) is 0 Å². The van der Waals surface area contributed by atoms with Gasteiger partial charge in [-0.2, -0.15) is 5.10 Å². The number of carbonyl (C=O) groups excluding carboxylic acids is 1. The van der Waals surface area contributed by atoms with Gasteiger partial charge < -0.3 is 14.7 Å². The lowest BCUT2D eigenvalue weighted by Gasteiger charge is -2.32. The van der Waals surface area contributed by atoms with Crippen molar-refractivity contribution in [2.75, 3.05) is 23.3 Å². The predicted molar refractivity (Wildman–Crippen MR) is 103 cm³/mol. The second-order valence-electron chi connectivity index (χ2n) is 7.17. The number of rotatable bonds is 4. The molecule has 0 unspecified atom stereocenters. The van der Waals surface area contributed by atoms with E-state index in [0.717, 1.165) is 42.4 Å². The largest absolute Gasteiger partial charge is 0.360 e. The van der Waals surface area contributed by atoms with Crippen LogP contribution in [0.4, 0.5) is 11.6 Å². The van der Waals surface area contributed by atoms with Gasteiger partial charge in [0, 0.05) is 30.9 Å². The van der Waals surface area contributed by atoms with Crippen molar-refractivity contribution in [3.63, 3.8) is 0 Å². The normalized spacial score (nSPS) is 17.0. The Morgan fingerprint density at radius 1 is 1.18 bits per heavy atom. The van der Waals surface area contributed by atoms with Crippen molar-refractivity contribution in [1.82, 2.24) is 24.9 Å². The minimum absolute atomic E-state index is 0.0502. The van der Waals surface area contributed by atoms with Crippen molar-refractivity contribution in [2.24, 2.45) is 5.92 Å². The summed E-state index contributed by atoms with van der Waals surface area (Å²) in [5, 5.41) is 11.2. The van der Waals surface area contributed by atoms with Crippen LogP contribution in [0.25, 0.3) is 5.82 Å². The van der Waals surface area contributed by atoms with Crippen molar-refractivity contribution in [3.8, 4) is 5.82 Å². The highest BCUT2D eigenvalue weighted by Crippen LogP contribution is 2.24. The SMILES string of the molecule is Cc1cc(C)n(-c2cc(N3CCC[C@@H](C(=O)Nc4cc(C)on4)C3)ncn2)n1. The Balaban J connectivity index is 1.49. The van der Waals surface area contributed by atoms with Gasteiger partial charge in [0.2, 0.25) is 5.91 Å². The lowest BCUT2D eigenvalue weighted by molar-refractivity contribution is -0.120. The molecule has 1 saturated heterocycles. The van der Waals surface area contributed by atoms with Crippen LogP contribution in [0.5, 0.6) is 0 Å². The molecule has 9 heteroatoms. The van der Waals surface area contributed by atoms with Crippen molar-refractivity contribution in [1.29, 1.82) is 0 Å². The number of aryl methyl sites for hydroxylation is 3. The summed E-state index contributed by atoms with van der Waals surface area (Å²) in [6.07, 6.45) is 3.28. The number of amides is 1. The van der Waals surface area contributed by atoms with Crippen LogP contribution < -0.4 is 10.2 Å². The molecule has 1 N–H and O–H groups in total. The molecular weight excluding hydrogens is 358 g/mol. The fourth-order valence-corrected chi connectivity index (χ4v) is 3.54. The summed E-state index contributed by atoms with van der Waals surface area (Å²) in [5.41, 5.74) is 1.96. The highest BCUT2D eigenvalue weighted by molar-refractivity contribution is 5.92. The number of hydrogen-bond acceptors (Lipinski definition) is 7. The van der Waals surface area contributed by atoms with E-state index in [1.54, 1.807) is 19.3 Å². The lowest BCUT2D eigenvalue weighted by Crippen LogP contribution is -2.41. The van der Waals surface area contributed by atoms with Crippen LogP contribution in [-0.4, -0.2) is 43.9 Å². The van der Waals surface area contributed by atoms with E-state index >= 15 is 0 Å². The minimum atomic E-state index is -0.141. The molecule has 1 amide bonds. The number of nitrogens with one attached hydrogen (secondary N) is 1. The lowest BCUT2D eigenvalue weighted by atomic mass is 9.97. The Morgan fingerprint density at radius 2 is 2.00 bits per heavy atom. The molecule has 0 bridgehead atoms. The maximum Gasteiger partial charge on any atom is 0.230 e. The van der Waals surface area contributed by atoms with Gasteiger partial charge in [0.05, 0.1) is 11.6 Å². The zero-order chi connectivity index (χ0) is 19.7. The summed E-state index contributed by atoms with van der Waals surface area (Å²) in [4.78, 5) is 23.5. The average molecular weight is 381 g/mol. The zero-order valence-electron chi connectivity index (χ0n) is 16.2. The number of anilines is 2. The van der Waals surface area contributed by atoms with Gasteiger partial charge in [-0.05, 0) is 39.7 Å². The van der Waals surface area contributed by atoms with Gasteiger partial charge in [-0.3, -0.25) is 4.79 Å². The monoisotopic (exact) mass is 381 g/mol. The van der Waals surface area contributed by atoms with E-state index in [9.17, 15) is 4.79 Å². The first-order chi connectivity index (χ1) is 13.5. The summed E-state index contributed by atoms with van der Waals surface area (Å²) in [6, 6.07) is 5.64. The Bertz CT molecular complexity index is 994. The standard InChI is InChI=1S/C19H23N7O2/c1-12-7-13(2)26(23-12)18-9-17(20-11-21-18)25-6-4-5-15(10-25)19(27)22-16-8-14(3)28-24-16/h7-9,11,15H,4-6,10H2,1-3H3,(H,22,24,27)/t15-/m1/s1. The molecule has 28 heavy (non-hydrogen) atoms. The van der Waals surface area contributed by atoms with Gasteiger partial charge in [0.25, 0.3) is 0 Å². The van der Waals surface area contributed by atoms with Crippen LogP contribution in [0, 0.1) is 26.7 Å². The van der Waals surface area contributed by atoms with Crippen LogP contribution in [0.2, 0.25) is 0 Å². The molecular formula is C19H23N7O2. The van der Waals surface area contributed by atoms with Crippen molar-refractivity contribution < 1.29 is 9.32 Å². The van der Waals surface area contributed by atoms with Gasteiger partial charge in [-0.15, -0.1) is 0 Å². The van der Waals surface area contributed by atoms with Crippen LogP contribution >= 0.6 is 0 Å². The topological polar surface area (TPSA) is 102 Å². The van der Waals surface area contributed by atoms with Crippen molar-refractivity contribution >= 4 is 17.5 Å².